The maximum absolute atomic E-state index is 12.3. The van der Waals surface area contributed by atoms with Crippen LogP contribution in [-0.4, -0.2) is 62.4 Å². The number of rotatable bonds is 31. The van der Waals surface area contributed by atoms with Gasteiger partial charge in [-0.3, -0.25) is 4.48 Å². The Morgan fingerprint density at radius 3 is 0.977 bits per heavy atom. The van der Waals surface area contributed by atoms with Gasteiger partial charge in [0.1, 0.15) is 0 Å². The summed E-state index contributed by atoms with van der Waals surface area (Å²) in [6.45, 7) is 7.50. The van der Waals surface area contributed by atoms with E-state index in [0.29, 0.717) is 6.42 Å². The molecule has 0 aliphatic rings. The van der Waals surface area contributed by atoms with Crippen LogP contribution in [0.5, 0.6) is 0 Å². The van der Waals surface area contributed by atoms with Crippen LogP contribution in [0, 0.1) is 0 Å². The summed E-state index contributed by atoms with van der Waals surface area (Å²) in [6, 6.07) is -3.18. The third-order valence-electron chi connectivity index (χ3n) is 9.41. The van der Waals surface area contributed by atoms with Crippen molar-refractivity contribution in [3.05, 3.63) is 12.2 Å². The molecule has 0 aliphatic carbocycles. The maximum Gasteiger partial charge on any atom is 0.362 e. The summed E-state index contributed by atoms with van der Waals surface area (Å²) in [4.78, 5) is 36.9. The maximum atomic E-state index is 12.3. The van der Waals surface area contributed by atoms with E-state index in [4.69, 9.17) is 0 Å². The van der Waals surface area contributed by atoms with Gasteiger partial charge in [-0.2, -0.15) is 0 Å². The molecule has 0 heterocycles. The largest absolute Gasteiger partial charge is 0.477 e. The molecule has 0 aromatic carbocycles. The molecule has 0 amide bonds. The Hall–Kier alpha value is -1.89. The van der Waals surface area contributed by atoms with E-state index in [0.717, 1.165) is 19.3 Å². The van der Waals surface area contributed by atoms with E-state index < -0.39 is 40.5 Å². The minimum absolute atomic E-state index is 0.195. The minimum atomic E-state index is -1.11. The second kappa shape index (κ2) is 26.5. The quantitative estimate of drug-likeness (QED) is 0.0409. The van der Waals surface area contributed by atoms with Crippen LogP contribution >= 0.6 is 0 Å². The molecule has 0 rings (SSSR count). The number of carboxylic acids is 3. The molecular formula is C36H68NO6+. The highest BCUT2D eigenvalue weighted by molar-refractivity contribution is 5.78. The highest BCUT2D eigenvalue weighted by Gasteiger charge is 2.55. The number of carboxylic acid groups (broad SMARTS) is 3. The molecule has 7 nitrogen and oxygen atoms in total. The average Bonchev–Trinajstić information content (AvgIpc) is 2.96. The third kappa shape index (κ3) is 16.7. The van der Waals surface area contributed by atoms with Gasteiger partial charge in [0.05, 0.1) is 6.54 Å². The Bertz CT molecular complexity index is 697. The summed E-state index contributed by atoms with van der Waals surface area (Å²) >= 11 is 0. The van der Waals surface area contributed by atoms with E-state index >= 15 is 0 Å². The summed E-state index contributed by atoms with van der Waals surface area (Å²) in [5, 5.41) is 30.1. The zero-order valence-corrected chi connectivity index (χ0v) is 28.4. The predicted molar refractivity (Wildman–Crippen MR) is 177 cm³/mol. The molecule has 0 aromatic heterocycles. The van der Waals surface area contributed by atoms with Crippen LogP contribution in [0.1, 0.15) is 175 Å². The van der Waals surface area contributed by atoms with Crippen LogP contribution in [0.15, 0.2) is 12.2 Å². The van der Waals surface area contributed by atoms with Gasteiger partial charge in [0.25, 0.3) is 0 Å². The number of quaternary nitrogens is 1. The summed E-state index contributed by atoms with van der Waals surface area (Å²) in [7, 11) is 0. The molecule has 0 saturated heterocycles. The zero-order chi connectivity index (χ0) is 32.3. The van der Waals surface area contributed by atoms with Crippen molar-refractivity contribution in [3.8, 4) is 0 Å². The summed E-state index contributed by atoms with van der Waals surface area (Å²) < 4.78 is -0.402. The number of hydrogen-bond acceptors (Lipinski definition) is 3. The van der Waals surface area contributed by atoms with Crippen LogP contribution in [0.3, 0.4) is 0 Å². The highest BCUT2D eigenvalue weighted by atomic mass is 16.4. The van der Waals surface area contributed by atoms with Crippen molar-refractivity contribution in [3.63, 3.8) is 0 Å². The first-order valence-electron chi connectivity index (χ1n) is 17.9. The first-order valence-corrected chi connectivity index (χ1v) is 17.9. The SMILES string of the molecule is C/C=C/CCCCCCCCCCCCCCCCCCCCC[N+](C(CC)C(=O)O)(C(CC)C(=O)O)C(CC)C(=O)O. The second-order valence-corrected chi connectivity index (χ2v) is 12.6. The van der Waals surface area contributed by atoms with E-state index in [1.807, 2.05) is 0 Å². The van der Waals surface area contributed by atoms with E-state index in [1.54, 1.807) is 20.8 Å². The van der Waals surface area contributed by atoms with Crippen molar-refractivity contribution in [2.24, 2.45) is 0 Å². The van der Waals surface area contributed by atoms with E-state index in [-0.39, 0.29) is 25.8 Å². The highest BCUT2D eigenvalue weighted by Crippen LogP contribution is 2.32. The number of nitrogens with zero attached hydrogens (tertiary/aromatic N) is 1. The molecule has 0 radical (unpaired) electrons. The molecule has 0 fully saturated rings. The minimum Gasteiger partial charge on any atom is -0.477 e. The Morgan fingerprint density at radius 1 is 0.488 bits per heavy atom. The fourth-order valence-corrected chi connectivity index (χ4v) is 7.10. The molecule has 0 bridgehead atoms. The molecular weight excluding hydrogens is 542 g/mol. The Kier molecular flexibility index (Phi) is 25.3. The summed E-state index contributed by atoms with van der Waals surface area (Å²) in [5.41, 5.74) is 0. The average molecular weight is 611 g/mol. The molecule has 3 unspecified atom stereocenters. The lowest BCUT2D eigenvalue weighted by Gasteiger charge is -2.49. The lowest BCUT2D eigenvalue weighted by molar-refractivity contribution is -0.973. The predicted octanol–water partition coefficient (Wildman–Crippen LogP) is 9.77. The van der Waals surface area contributed by atoms with Gasteiger partial charge in [-0.05, 0) is 32.6 Å². The normalized spacial score (nSPS) is 15.3. The zero-order valence-electron chi connectivity index (χ0n) is 28.4. The number of hydrogen-bond donors (Lipinski definition) is 3. The standard InChI is InChI=1S/C36H67NO6/c1-5-9-10-11-12-13-14-15-16-17-18-19-20-21-22-23-24-25-26-27-28-29-30-37(31(6-2)34(38)39,32(7-3)35(40)41)33(8-4)36(42)43/h5,9,31-33H,6-8,10-30H2,1-4H3,(H2-,38,39,40,41,42,43)/p+1/b9-5+. The molecule has 0 saturated carbocycles. The molecule has 3 N–H and O–H groups in total. The first-order chi connectivity index (χ1) is 20.7. The van der Waals surface area contributed by atoms with Crippen molar-refractivity contribution >= 4 is 17.9 Å². The third-order valence-corrected chi connectivity index (χ3v) is 9.41. The van der Waals surface area contributed by atoms with Gasteiger partial charge in [-0.15, -0.1) is 0 Å². The van der Waals surface area contributed by atoms with Gasteiger partial charge >= 0.3 is 17.9 Å². The number of allylic oxidation sites excluding steroid dienone is 2. The fourth-order valence-electron chi connectivity index (χ4n) is 7.10. The lowest BCUT2D eigenvalue weighted by atomic mass is 9.93. The molecule has 252 valence electrons. The van der Waals surface area contributed by atoms with Crippen molar-refractivity contribution in [1.29, 1.82) is 0 Å². The molecule has 3 atom stereocenters. The fraction of sp³-hybridized carbons (Fsp3) is 0.861. The Labute approximate surface area is 264 Å². The van der Waals surface area contributed by atoms with Crippen LogP contribution in [0.25, 0.3) is 0 Å². The van der Waals surface area contributed by atoms with Crippen molar-refractivity contribution < 1.29 is 34.2 Å². The van der Waals surface area contributed by atoms with E-state index in [9.17, 15) is 29.7 Å². The summed E-state index contributed by atoms with van der Waals surface area (Å²) in [6.07, 6.45) is 30.0. The molecule has 43 heavy (non-hydrogen) atoms. The molecule has 7 heteroatoms. The van der Waals surface area contributed by atoms with Gasteiger partial charge in [0.2, 0.25) is 0 Å². The number of unbranched alkanes of at least 4 members (excludes halogenated alkanes) is 19. The van der Waals surface area contributed by atoms with Crippen LogP contribution in [0.2, 0.25) is 0 Å². The van der Waals surface area contributed by atoms with Crippen molar-refractivity contribution in [2.45, 2.75) is 193 Å². The number of carbonyl (C=O) groups is 3. The monoisotopic (exact) mass is 611 g/mol. The van der Waals surface area contributed by atoms with Gasteiger partial charge in [-0.1, -0.05) is 136 Å². The van der Waals surface area contributed by atoms with Gasteiger partial charge in [0, 0.05) is 19.3 Å². The van der Waals surface area contributed by atoms with Gasteiger partial charge in [0.15, 0.2) is 18.1 Å². The molecule has 0 aromatic rings. The van der Waals surface area contributed by atoms with Crippen LogP contribution in [0.4, 0.5) is 0 Å². The van der Waals surface area contributed by atoms with Crippen molar-refractivity contribution in [2.75, 3.05) is 6.54 Å². The van der Waals surface area contributed by atoms with Crippen molar-refractivity contribution in [1.82, 2.24) is 0 Å². The Balaban J connectivity index is 4.25. The van der Waals surface area contributed by atoms with E-state index in [2.05, 4.69) is 19.1 Å². The van der Waals surface area contributed by atoms with Crippen LogP contribution in [-0.2, 0) is 14.4 Å². The first kappa shape index (κ1) is 41.1. The topological polar surface area (TPSA) is 112 Å². The summed E-state index contributed by atoms with van der Waals surface area (Å²) in [5.74, 6) is -3.34. The van der Waals surface area contributed by atoms with Crippen LogP contribution < -0.4 is 0 Å². The van der Waals surface area contributed by atoms with Gasteiger partial charge in [-0.25, -0.2) is 14.4 Å². The smallest absolute Gasteiger partial charge is 0.362 e. The number of aliphatic carboxylic acids is 3. The van der Waals surface area contributed by atoms with Gasteiger partial charge < -0.3 is 15.3 Å². The Morgan fingerprint density at radius 2 is 0.744 bits per heavy atom. The molecule has 0 spiro atoms. The van der Waals surface area contributed by atoms with E-state index in [1.165, 1.54) is 103 Å². The molecule has 0 aliphatic heterocycles. The second-order valence-electron chi connectivity index (χ2n) is 12.6. The lowest BCUT2D eigenvalue weighted by Crippen LogP contribution is -2.72.